The van der Waals surface area contributed by atoms with Crippen LogP contribution in [-0.2, 0) is 17.8 Å². The van der Waals surface area contributed by atoms with Gasteiger partial charge in [0, 0.05) is 13.1 Å². The maximum Gasteiger partial charge on any atom is 0.263 e. The quantitative estimate of drug-likeness (QED) is 0.863. The van der Waals surface area contributed by atoms with Crippen LogP contribution in [0.4, 0.5) is 4.39 Å². The molecule has 0 spiro atoms. The lowest BCUT2D eigenvalue weighted by atomic mass is 9.99. The van der Waals surface area contributed by atoms with Crippen molar-refractivity contribution >= 4 is 5.91 Å². The number of amides is 1. The summed E-state index contributed by atoms with van der Waals surface area (Å²) in [5.41, 5.74) is 2.51. The Bertz CT molecular complexity index is 684. The number of carbonyl (C=O) groups is 1. The molecule has 0 bridgehead atoms. The maximum atomic E-state index is 13.0. The molecule has 1 atom stereocenters. The van der Waals surface area contributed by atoms with Gasteiger partial charge in [-0.25, -0.2) is 4.39 Å². The van der Waals surface area contributed by atoms with Crippen LogP contribution in [-0.4, -0.2) is 23.5 Å². The molecule has 0 radical (unpaired) electrons. The summed E-state index contributed by atoms with van der Waals surface area (Å²) in [7, 11) is 0. The first-order valence-corrected chi connectivity index (χ1v) is 7.95. The summed E-state index contributed by atoms with van der Waals surface area (Å²) < 4.78 is 18.7. The Hall–Kier alpha value is -2.36. The molecule has 0 aromatic heterocycles. The largest absolute Gasteiger partial charge is 0.481 e. The second kappa shape index (κ2) is 6.82. The zero-order valence-corrected chi connectivity index (χ0v) is 13.2. The van der Waals surface area contributed by atoms with Gasteiger partial charge in [-0.3, -0.25) is 4.79 Å². The van der Waals surface area contributed by atoms with E-state index in [2.05, 4.69) is 12.1 Å². The first-order chi connectivity index (χ1) is 11.2. The standard InChI is InChI=1S/C19H20FNO2/c1-2-18(23-17-9-7-16(20)8-10-17)19(22)21-12-11-14-5-3-4-6-15(14)13-21/h3-10,18H,2,11-13H2,1H3/t18-/m0/s1. The molecule has 1 heterocycles. The van der Waals surface area contributed by atoms with Crippen molar-refractivity contribution in [1.29, 1.82) is 0 Å². The van der Waals surface area contributed by atoms with E-state index >= 15 is 0 Å². The number of halogens is 1. The Morgan fingerprint density at radius 1 is 1.17 bits per heavy atom. The van der Waals surface area contributed by atoms with Gasteiger partial charge >= 0.3 is 0 Å². The summed E-state index contributed by atoms with van der Waals surface area (Å²) in [5.74, 6) is 0.194. The third kappa shape index (κ3) is 3.52. The number of rotatable bonds is 4. The monoisotopic (exact) mass is 313 g/mol. The average Bonchev–Trinajstić information content (AvgIpc) is 2.60. The van der Waals surface area contributed by atoms with Crippen molar-refractivity contribution in [2.24, 2.45) is 0 Å². The molecule has 0 aliphatic carbocycles. The predicted molar refractivity (Wildman–Crippen MR) is 86.7 cm³/mol. The molecular formula is C19H20FNO2. The third-order valence-corrected chi connectivity index (χ3v) is 4.18. The van der Waals surface area contributed by atoms with Gasteiger partial charge in [0.25, 0.3) is 5.91 Å². The van der Waals surface area contributed by atoms with Crippen LogP contribution in [0.1, 0.15) is 24.5 Å². The van der Waals surface area contributed by atoms with Crippen molar-refractivity contribution in [3.05, 3.63) is 65.5 Å². The van der Waals surface area contributed by atoms with Gasteiger partial charge in [0.2, 0.25) is 0 Å². The molecule has 1 aliphatic rings. The van der Waals surface area contributed by atoms with E-state index < -0.39 is 6.10 Å². The number of benzene rings is 2. The Morgan fingerprint density at radius 3 is 2.57 bits per heavy atom. The van der Waals surface area contributed by atoms with E-state index in [1.807, 2.05) is 24.0 Å². The summed E-state index contributed by atoms with van der Waals surface area (Å²) in [4.78, 5) is 14.6. The fourth-order valence-electron chi connectivity index (χ4n) is 2.87. The second-order valence-corrected chi connectivity index (χ2v) is 5.75. The zero-order valence-electron chi connectivity index (χ0n) is 13.2. The first kappa shape index (κ1) is 15.5. The van der Waals surface area contributed by atoms with E-state index in [4.69, 9.17) is 4.74 Å². The second-order valence-electron chi connectivity index (χ2n) is 5.75. The van der Waals surface area contributed by atoms with E-state index in [0.717, 1.165) is 6.42 Å². The predicted octanol–water partition coefficient (Wildman–Crippen LogP) is 3.57. The molecule has 3 nitrogen and oxygen atoms in total. The lowest BCUT2D eigenvalue weighted by Gasteiger charge is -2.31. The van der Waals surface area contributed by atoms with Crippen molar-refractivity contribution < 1.29 is 13.9 Å². The Morgan fingerprint density at radius 2 is 1.87 bits per heavy atom. The van der Waals surface area contributed by atoms with E-state index in [9.17, 15) is 9.18 Å². The van der Waals surface area contributed by atoms with E-state index in [1.165, 1.54) is 23.3 Å². The summed E-state index contributed by atoms with van der Waals surface area (Å²) >= 11 is 0. The summed E-state index contributed by atoms with van der Waals surface area (Å²) in [6, 6.07) is 14.0. The molecule has 0 saturated heterocycles. The van der Waals surface area contributed by atoms with Crippen LogP contribution in [0.2, 0.25) is 0 Å². The van der Waals surface area contributed by atoms with Gasteiger partial charge in [-0.15, -0.1) is 0 Å². The molecule has 4 heteroatoms. The average molecular weight is 313 g/mol. The summed E-state index contributed by atoms with van der Waals surface area (Å²) in [5, 5.41) is 0. The van der Waals surface area contributed by atoms with Crippen LogP contribution in [0.15, 0.2) is 48.5 Å². The Labute approximate surface area is 135 Å². The molecule has 2 aromatic rings. The number of hydrogen-bond donors (Lipinski definition) is 0. The number of carbonyl (C=O) groups excluding carboxylic acids is 1. The van der Waals surface area contributed by atoms with Crippen molar-refractivity contribution in [2.45, 2.75) is 32.4 Å². The number of hydrogen-bond acceptors (Lipinski definition) is 2. The third-order valence-electron chi connectivity index (χ3n) is 4.18. The number of ether oxygens (including phenoxy) is 1. The van der Waals surface area contributed by atoms with Crippen LogP contribution in [0, 0.1) is 5.82 Å². The Kier molecular flexibility index (Phi) is 4.60. The Balaban J connectivity index is 1.69. The van der Waals surface area contributed by atoms with Crippen molar-refractivity contribution in [1.82, 2.24) is 4.90 Å². The number of nitrogens with zero attached hydrogens (tertiary/aromatic N) is 1. The molecule has 1 aliphatic heterocycles. The molecule has 23 heavy (non-hydrogen) atoms. The molecule has 2 aromatic carbocycles. The van der Waals surface area contributed by atoms with Crippen LogP contribution in [0.25, 0.3) is 0 Å². The van der Waals surface area contributed by atoms with E-state index in [0.29, 0.717) is 25.3 Å². The van der Waals surface area contributed by atoms with Gasteiger partial charge in [-0.1, -0.05) is 31.2 Å². The molecule has 120 valence electrons. The molecule has 1 amide bonds. The molecule has 3 rings (SSSR count). The number of fused-ring (bicyclic) bond motifs is 1. The molecule has 0 fully saturated rings. The van der Waals surface area contributed by atoms with E-state index in [1.54, 1.807) is 12.1 Å². The molecule has 0 saturated carbocycles. The smallest absolute Gasteiger partial charge is 0.263 e. The van der Waals surface area contributed by atoms with Crippen LogP contribution in [0.5, 0.6) is 5.75 Å². The van der Waals surface area contributed by atoms with Gasteiger partial charge in [0.15, 0.2) is 6.10 Å². The van der Waals surface area contributed by atoms with Crippen LogP contribution in [0.3, 0.4) is 0 Å². The van der Waals surface area contributed by atoms with Crippen molar-refractivity contribution in [2.75, 3.05) is 6.54 Å². The van der Waals surface area contributed by atoms with Crippen molar-refractivity contribution in [3.63, 3.8) is 0 Å². The van der Waals surface area contributed by atoms with Gasteiger partial charge in [-0.05, 0) is 48.2 Å². The summed E-state index contributed by atoms with van der Waals surface area (Å²) in [6.45, 7) is 3.25. The highest BCUT2D eigenvalue weighted by molar-refractivity contribution is 5.81. The fraction of sp³-hybridized carbons (Fsp3) is 0.316. The van der Waals surface area contributed by atoms with Crippen LogP contribution < -0.4 is 4.74 Å². The zero-order chi connectivity index (χ0) is 16.2. The SMILES string of the molecule is CC[C@H](Oc1ccc(F)cc1)C(=O)N1CCc2ccccc2C1. The highest BCUT2D eigenvalue weighted by atomic mass is 19.1. The first-order valence-electron chi connectivity index (χ1n) is 7.95. The highest BCUT2D eigenvalue weighted by Crippen LogP contribution is 2.21. The van der Waals surface area contributed by atoms with Gasteiger partial charge < -0.3 is 9.64 Å². The minimum Gasteiger partial charge on any atom is -0.481 e. The van der Waals surface area contributed by atoms with E-state index in [-0.39, 0.29) is 11.7 Å². The van der Waals surface area contributed by atoms with Gasteiger partial charge in [0.1, 0.15) is 11.6 Å². The van der Waals surface area contributed by atoms with Crippen LogP contribution >= 0.6 is 0 Å². The molecular weight excluding hydrogens is 293 g/mol. The van der Waals surface area contributed by atoms with Gasteiger partial charge in [0.05, 0.1) is 0 Å². The van der Waals surface area contributed by atoms with Crippen molar-refractivity contribution in [3.8, 4) is 5.75 Å². The summed E-state index contributed by atoms with van der Waals surface area (Å²) in [6.07, 6.45) is 0.911. The highest BCUT2D eigenvalue weighted by Gasteiger charge is 2.27. The minimum atomic E-state index is -0.536. The van der Waals surface area contributed by atoms with Gasteiger partial charge in [-0.2, -0.15) is 0 Å². The minimum absolute atomic E-state index is 0.00803. The maximum absolute atomic E-state index is 13.0. The molecule has 0 unspecified atom stereocenters. The lowest BCUT2D eigenvalue weighted by molar-refractivity contribution is -0.139. The lowest BCUT2D eigenvalue weighted by Crippen LogP contribution is -2.44. The topological polar surface area (TPSA) is 29.5 Å². The normalized spacial score (nSPS) is 15.0. The fourth-order valence-corrected chi connectivity index (χ4v) is 2.87. The molecule has 0 N–H and O–H groups in total.